The highest BCUT2D eigenvalue weighted by molar-refractivity contribution is 6.08. The van der Waals surface area contributed by atoms with Crippen molar-refractivity contribution in [3.05, 3.63) is 151 Å². The Morgan fingerprint density at radius 3 is 2.18 bits per heavy atom. The van der Waals surface area contributed by atoms with E-state index in [-0.39, 0.29) is 6.04 Å². The van der Waals surface area contributed by atoms with Gasteiger partial charge in [0.05, 0.1) is 12.1 Å². The minimum Gasteiger partial charge on any atom is -0.333 e. The topological polar surface area (TPSA) is 8.17 Å². The molecule has 5 aromatic rings. The zero-order valence-electron chi connectivity index (χ0n) is 22.0. The first kappa shape index (κ1) is 22.4. The second kappa shape index (κ2) is 8.74. The fourth-order valence-electron chi connectivity index (χ4n) is 6.96. The second-order valence-electron chi connectivity index (χ2n) is 11.0. The molecule has 0 bridgehead atoms. The van der Waals surface area contributed by atoms with E-state index >= 15 is 0 Å². The zero-order chi connectivity index (χ0) is 25.9. The predicted octanol–water partition coefficient (Wildman–Crippen LogP) is 9.35. The molecular formula is C37H30N2. The minimum absolute atomic E-state index is 0.238. The summed E-state index contributed by atoms with van der Waals surface area (Å²) in [5, 5.41) is 2.65. The molecule has 2 heterocycles. The molecule has 1 aliphatic heterocycles. The van der Waals surface area contributed by atoms with Gasteiger partial charge in [-0.15, -0.1) is 0 Å². The van der Waals surface area contributed by atoms with Crippen molar-refractivity contribution < 1.29 is 0 Å². The zero-order valence-corrected chi connectivity index (χ0v) is 22.0. The van der Waals surface area contributed by atoms with E-state index in [0.29, 0.717) is 17.9 Å². The van der Waals surface area contributed by atoms with Gasteiger partial charge in [0, 0.05) is 39.1 Å². The quantitative estimate of drug-likeness (QED) is 0.239. The molecule has 39 heavy (non-hydrogen) atoms. The van der Waals surface area contributed by atoms with Gasteiger partial charge in [0.15, 0.2) is 0 Å². The molecule has 0 N–H and O–H groups in total. The average Bonchev–Trinajstić information content (AvgIpc) is 3.51. The van der Waals surface area contributed by atoms with Crippen molar-refractivity contribution in [2.45, 2.75) is 24.9 Å². The molecule has 4 unspecified atom stereocenters. The van der Waals surface area contributed by atoms with Crippen LogP contribution in [-0.2, 0) is 0 Å². The fraction of sp³-hybridized carbons (Fsp3) is 0.135. The van der Waals surface area contributed by atoms with E-state index in [1.807, 2.05) is 0 Å². The summed E-state index contributed by atoms with van der Waals surface area (Å²) in [6.07, 6.45) is 16.2. The number of nitrogens with zero attached hydrogens (tertiary/aromatic N) is 2. The lowest BCUT2D eigenvalue weighted by molar-refractivity contribution is 0.512. The lowest BCUT2D eigenvalue weighted by atomic mass is 9.89. The van der Waals surface area contributed by atoms with E-state index < -0.39 is 0 Å². The van der Waals surface area contributed by atoms with Crippen molar-refractivity contribution in [2.24, 2.45) is 5.92 Å². The largest absolute Gasteiger partial charge is 0.333 e. The molecule has 4 atom stereocenters. The van der Waals surface area contributed by atoms with Crippen LogP contribution in [-0.4, -0.2) is 10.6 Å². The molecule has 188 valence electrons. The number of rotatable bonds is 3. The third kappa shape index (κ3) is 3.41. The number of para-hydroxylation sites is 3. The van der Waals surface area contributed by atoms with E-state index in [9.17, 15) is 0 Å². The molecule has 2 aliphatic carbocycles. The highest BCUT2D eigenvalue weighted by Gasteiger charge is 2.37. The first-order chi connectivity index (χ1) is 19.3. The Morgan fingerprint density at radius 1 is 0.641 bits per heavy atom. The Labute approximate surface area is 229 Å². The van der Waals surface area contributed by atoms with Crippen molar-refractivity contribution in [1.29, 1.82) is 0 Å². The van der Waals surface area contributed by atoms with Crippen molar-refractivity contribution in [1.82, 2.24) is 4.57 Å². The maximum atomic E-state index is 2.54. The number of anilines is 2. The standard InChI is InChI=1S/C37H30N2/c1-25-21-22-27(24-37(25)39-35-19-8-4-15-31(35)32-16-5-9-20-36(32)39)26-11-10-12-28(23-26)38-33-17-6-2-13-29(33)30-14-3-7-18-34(30)38/h2-25,29,33,37H,1H3. The maximum absolute atomic E-state index is 2.54. The summed E-state index contributed by atoms with van der Waals surface area (Å²) in [7, 11) is 0. The SMILES string of the molecule is CC1C=CC(c2cccc(N3c4ccccc4C4C=CC=CC43)c2)=CC1n1c2ccccc2c2ccccc21. The summed E-state index contributed by atoms with van der Waals surface area (Å²) in [4.78, 5) is 2.52. The maximum Gasteiger partial charge on any atom is 0.0629 e. The smallest absolute Gasteiger partial charge is 0.0629 e. The van der Waals surface area contributed by atoms with Crippen molar-refractivity contribution in [3.8, 4) is 0 Å². The molecule has 0 saturated carbocycles. The molecule has 0 amide bonds. The van der Waals surface area contributed by atoms with Gasteiger partial charge < -0.3 is 9.47 Å². The predicted molar refractivity (Wildman–Crippen MR) is 165 cm³/mol. The van der Waals surface area contributed by atoms with Crippen LogP contribution in [0.2, 0.25) is 0 Å². The fourth-order valence-corrected chi connectivity index (χ4v) is 6.96. The van der Waals surface area contributed by atoms with Gasteiger partial charge in [0.25, 0.3) is 0 Å². The van der Waals surface area contributed by atoms with Gasteiger partial charge in [-0.3, -0.25) is 0 Å². The van der Waals surface area contributed by atoms with Crippen LogP contribution in [0.3, 0.4) is 0 Å². The second-order valence-corrected chi connectivity index (χ2v) is 11.0. The van der Waals surface area contributed by atoms with E-state index in [1.165, 1.54) is 49.9 Å². The highest BCUT2D eigenvalue weighted by Crippen LogP contribution is 2.48. The lowest BCUT2D eigenvalue weighted by Gasteiger charge is -2.30. The number of fused-ring (bicyclic) bond motifs is 6. The van der Waals surface area contributed by atoms with Crippen LogP contribution in [0.25, 0.3) is 27.4 Å². The van der Waals surface area contributed by atoms with Crippen LogP contribution in [0.5, 0.6) is 0 Å². The number of hydrogen-bond donors (Lipinski definition) is 0. The first-order valence-corrected chi connectivity index (χ1v) is 14.0. The Hall–Kier alpha value is -4.56. The van der Waals surface area contributed by atoms with Gasteiger partial charge in [-0.25, -0.2) is 0 Å². The van der Waals surface area contributed by atoms with Crippen molar-refractivity contribution in [2.75, 3.05) is 4.90 Å². The molecule has 0 saturated heterocycles. The van der Waals surface area contributed by atoms with Gasteiger partial charge in [0.2, 0.25) is 0 Å². The van der Waals surface area contributed by atoms with Crippen LogP contribution in [0.4, 0.5) is 11.4 Å². The molecule has 3 aliphatic rings. The summed E-state index contributed by atoms with van der Waals surface area (Å²) >= 11 is 0. The van der Waals surface area contributed by atoms with Gasteiger partial charge in [-0.05, 0) is 52.9 Å². The van der Waals surface area contributed by atoms with E-state index in [0.717, 1.165) is 0 Å². The third-order valence-electron chi connectivity index (χ3n) is 8.80. The summed E-state index contributed by atoms with van der Waals surface area (Å²) in [5.41, 5.74) is 9.10. The number of allylic oxidation sites excluding steroid dienone is 6. The van der Waals surface area contributed by atoms with Gasteiger partial charge in [-0.2, -0.15) is 0 Å². The van der Waals surface area contributed by atoms with Crippen molar-refractivity contribution in [3.63, 3.8) is 0 Å². The third-order valence-corrected chi connectivity index (χ3v) is 8.80. The summed E-state index contributed by atoms with van der Waals surface area (Å²) in [6.45, 7) is 2.33. The number of benzene rings is 4. The normalized spacial score (nSPS) is 23.3. The average molecular weight is 503 g/mol. The molecule has 0 radical (unpaired) electrons. The van der Waals surface area contributed by atoms with Crippen LogP contribution >= 0.6 is 0 Å². The Kier molecular flexibility index (Phi) is 5.03. The molecule has 2 heteroatoms. The highest BCUT2D eigenvalue weighted by atomic mass is 15.2. The summed E-state index contributed by atoms with van der Waals surface area (Å²) in [6, 6.07) is 36.2. The molecule has 0 fully saturated rings. The van der Waals surface area contributed by atoms with E-state index in [2.05, 4.69) is 156 Å². The first-order valence-electron chi connectivity index (χ1n) is 14.0. The van der Waals surface area contributed by atoms with Crippen molar-refractivity contribution >= 4 is 38.8 Å². The van der Waals surface area contributed by atoms with Gasteiger partial charge in [0.1, 0.15) is 0 Å². The van der Waals surface area contributed by atoms with Crippen LogP contribution in [0, 0.1) is 5.92 Å². The molecule has 0 spiro atoms. The molecule has 2 nitrogen and oxygen atoms in total. The Morgan fingerprint density at radius 2 is 1.36 bits per heavy atom. The van der Waals surface area contributed by atoms with Crippen LogP contribution in [0.1, 0.15) is 30.0 Å². The van der Waals surface area contributed by atoms with Crippen LogP contribution in [0.15, 0.2) is 140 Å². The monoisotopic (exact) mass is 502 g/mol. The van der Waals surface area contributed by atoms with E-state index in [1.54, 1.807) is 0 Å². The number of hydrogen-bond acceptors (Lipinski definition) is 1. The van der Waals surface area contributed by atoms with Crippen LogP contribution < -0.4 is 4.90 Å². The summed E-state index contributed by atoms with van der Waals surface area (Å²) in [5.74, 6) is 0.783. The van der Waals surface area contributed by atoms with E-state index in [4.69, 9.17) is 0 Å². The molecular weight excluding hydrogens is 472 g/mol. The van der Waals surface area contributed by atoms with Gasteiger partial charge in [-0.1, -0.05) is 116 Å². The molecule has 1 aromatic heterocycles. The lowest BCUT2D eigenvalue weighted by Crippen LogP contribution is -2.28. The summed E-state index contributed by atoms with van der Waals surface area (Å²) < 4.78 is 2.54. The Bertz CT molecular complexity index is 1810. The number of aromatic nitrogens is 1. The molecule has 8 rings (SSSR count). The van der Waals surface area contributed by atoms with Gasteiger partial charge >= 0.3 is 0 Å². The minimum atomic E-state index is 0.238. The molecule has 4 aromatic carbocycles. The Balaban J connectivity index is 1.24.